The average molecular weight is 308 g/mol. The van der Waals surface area contributed by atoms with Gasteiger partial charge in [0.2, 0.25) is 0 Å². The first kappa shape index (κ1) is 15.5. The van der Waals surface area contributed by atoms with Crippen LogP contribution in [0.25, 0.3) is 0 Å². The van der Waals surface area contributed by atoms with E-state index in [-0.39, 0.29) is 17.1 Å². The molecule has 2 N–H and O–H groups in total. The number of anilines is 1. The lowest BCUT2D eigenvalue weighted by atomic mass is 10.1. The van der Waals surface area contributed by atoms with E-state index in [1.807, 2.05) is 37.3 Å². The van der Waals surface area contributed by atoms with Gasteiger partial charge in [-0.2, -0.15) is 5.10 Å². The van der Waals surface area contributed by atoms with Crippen molar-refractivity contribution in [3.63, 3.8) is 0 Å². The molecule has 21 heavy (non-hydrogen) atoms. The molecule has 0 saturated heterocycles. The first-order valence-electron chi connectivity index (χ1n) is 6.86. The second kappa shape index (κ2) is 7.24. The number of nitrogens with one attached hydrogen (secondary N) is 1. The molecule has 2 rings (SSSR count). The summed E-state index contributed by atoms with van der Waals surface area (Å²) < 4.78 is 1.33. The fraction of sp³-hybridized carbons (Fsp3) is 0.333. The van der Waals surface area contributed by atoms with Crippen molar-refractivity contribution >= 4 is 17.3 Å². The highest BCUT2D eigenvalue weighted by Gasteiger charge is 2.11. The van der Waals surface area contributed by atoms with Crippen LogP contribution in [-0.4, -0.2) is 21.4 Å². The molecule has 1 unspecified atom stereocenters. The summed E-state index contributed by atoms with van der Waals surface area (Å²) in [5.41, 5.74) is 0.912. The van der Waals surface area contributed by atoms with E-state index < -0.39 is 6.10 Å². The molecule has 2 aromatic rings. The second-order valence-electron chi connectivity index (χ2n) is 4.71. The summed E-state index contributed by atoms with van der Waals surface area (Å²) in [7, 11) is 0. The van der Waals surface area contributed by atoms with Gasteiger partial charge in [-0.05, 0) is 12.0 Å². The minimum atomic E-state index is -0.680. The van der Waals surface area contributed by atoms with E-state index in [0.717, 1.165) is 12.0 Å². The van der Waals surface area contributed by atoms with Gasteiger partial charge in [0.15, 0.2) is 0 Å². The Kier molecular flexibility index (Phi) is 5.36. The summed E-state index contributed by atoms with van der Waals surface area (Å²) in [5.74, 6) is 0. The second-order valence-corrected chi connectivity index (χ2v) is 5.09. The Bertz CT molecular complexity index is 643. The van der Waals surface area contributed by atoms with Crippen LogP contribution < -0.4 is 10.9 Å². The Morgan fingerprint density at radius 1 is 1.38 bits per heavy atom. The average Bonchev–Trinajstić information content (AvgIpc) is 2.52. The molecule has 112 valence electrons. The topological polar surface area (TPSA) is 67.2 Å². The van der Waals surface area contributed by atoms with Crippen LogP contribution >= 0.6 is 11.6 Å². The van der Waals surface area contributed by atoms with Gasteiger partial charge in [0.25, 0.3) is 5.56 Å². The normalized spacial score (nSPS) is 12.1. The van der Waals surface area contributed by atoms with Gasteiger partial charge in [0.1, 0.15) is 5.02 Å². The van der Waals surface area contributed by atoms with Crippen molar-refractivity contribution in [2.45, 2.75) is 26.0 Å². The summed E-state index contributed by atoms with van der Waals surface area (Å²) in [6.45, 7) is 2.75. The van der Waals surface area contributed by atoms with Crippen molar-refractivity contribution in [2.75, 3.05) is 11.9 Å². The number of aliphatic hydroxyl groups excluding tert-OH is 1. The zero-order valence-electron chi connectivity index (χ0n) is 11.8. The predicted molar refractivity (Wildman–Crippen MR) is 83.7 cm³/mol. The maximum absolute atomic E-state index is 12.0. The monoisotopic (exact) mass is 307 g/mol. The number of nitrogens with zero attached hydrogens (tertiary/aromatic N) is 2. The van der Waals surface area contributed by atoms with Crippen LogP contribution in [0.4, 0.5) is 5.69 Å². The molecule has 0 aliphatic rings. The Morgan fingerprint density at radius 2 is 2.10 bits per heavy atom. The summed E-state index contributed by atoms with van der Waals surface area (Å²) in [6.07, 6.45) is 1.64. The Balaban J connectivity index is 2.07. The zero-order valence-corrected chi connectivity index (χ0v) is 12.5. The number of halogens is 1. The quantitative estimate of drug-likeness (QED) is 0.860. The molecular weight excluding hydrogens is 290 g/mol. The molecule has 0 saturated carbocycles. The molecule has 0 spiro atoms. The van der Waals surface area contributed by atoms with Crippen molar-refractivity contribution in [3.05, 3.63) is 57.5 Å². The molecule has 1 heterocycles. The fourth-order valence-corrected chi connectivity index (χ4v) is 2.17. The Morgan fingerprint density at radius 3 is 2.76 bits per heavy atom. The Labute approximate surface area is 128 Å². The number of rotatable bonds is 6. The zero-order chi connectivity index (χ0) is 15.2. The molecule has 0 fully saturated rings. The number of aliphatic hydroxyl groups is 1. The van der Waals surface area contributed by atoms with E-state index in [1.165, 1.54) is 10.9 Å². The van der Waals surface area contributed by atoms with Crippen molar-refractivity contribution in [3.8, 4) is 0 Å². The molecule has 0 bridgehead atoms. The highest BCUT2D eigenvalue weighted by Crippen LogP contribution is 2.18. The van der Waals surface area contributed by atoms with Crippen molar-refractivity contribution < 1.29 is 5.11 Å². The molecule has 1 atom stereocenters. The first-order chi connectivity index (χ1) is 10.1. The van der Waals surface area contributed by atoms with Crippen molar-refractivity contribution in [1.82, 2.24) is 9.78 Å². The van der Waals surface area contributed by atoms with Crippen LogP contribution in [0.5, 0.6) is 0 Å². The third kappa shape index (κ3) is 3.83. The molecule has 1 aromatic heterocycles. The maximum Gasteiger partial charge on any atom is 0.287 e. The van der Waals surface area contributed by atoms with Gasteiger partial charge in [-0.25, -0.2) is 4.68 Å². The van der Waals surface area contributed by atoms with E-state index in [9.17, 15) is 9.90 Å². The first-order valence-corrected chi connectivity index (χ1v) is 7.23. The van der Waals surface area contributed by atoms with Crippen LogP contribution in [0.2, 0.25) is 5.02 Å². The third-order valence-electron chi connectivity index (χ3n) is 3.09. The van der Waals surface area contributed by atoms with Crippen molar-refractivity contribution in [1.29, 1.82) is 0 Å². The predicted octanol–water partition coefficient (Wildman–Crippen LogP) is 2.45. The summed E-state index contributed by atoms with van der Waals surface area (Å²) >= 11 is 6.05. The number of benzene rings is 1. The van der Waals surface area contributed by atoms with E-state index in [2.05, 4.69) is 10.4 Å². The molecule has 0 amide bonds. The SMILES string of the molecule is CCCn1ncc(NCC(O)c2ccccc2)c(Cl)c1=O. The Hall–Kier alpha value is -1.85. The lowest BCUT2D eigenvalue weighted by Gasteiger charge is -2.14. The van der Waals surface area contributed by atoms with Gasteiger partial charge in [-0.3, -0.25) is 4.79 Å². The fourth-order valence-electron chi connectivity index (χ4n) is 1.96. The van der Waals surface area contributed by atoms with E-state index in [4.69, 9.17) is 11.6 Å². The number of hydrogen-bond donors (Lipinski definition) is 2. The molecule has 6 heteroatoms. The molecule has 0 aliphatic heterocycles. The number of aromatic nitrogens is 2. The maximum atomic E-state index is 12.0. The summed E-state index contributed by atoms with van der Waals surface area (Å²) in [4.78, 5) is 12.0. The van der Waals surface area contributed by atoms with Gasteiger partial charge >= 0.3 is 0 Å². The molecule has 1 aromatic carbocycles. The lowest BCUT2D eigenvalue weighted by Crippen LogP contribution is -2.24. The van der Waals surface area contributed by atoms with E-state index in [1.54, 1.807) is 0 Å². The number of hydrogen-bond acceptors (Lipinski definition) is 4. The molecule has 5 nitrogen and oxygen atoms in total. The lowest BCUT2D eigenvalue weighted by molar-refractivity contribution is 0.191. The largest absolute Gasteiger partial charge is 0.387 e. The van der Waals surface area contributed by atoms with Crippen LogP contribution in [0.3, 0.4) is 0 Å². The molecular formula is C15H18ClN3O2. The van der Waals surface area contributed by atoms with Gasteiger partial charge in [-0.1, -0.05) is 48.9 Å². The van der Waals surface area contributed by atoms with Gasteiger partial charge in [0.05, 0.1) is 18.0 Å². The van der Waals surface area contributed by atoms with Gasteiger partial charge in [0, 0.05) is 13.1 Å². The third-order valence-corrected chi connectivity index (χ3v) is 3.46. The minimum absolute atomic E-state index is 0.0960. The van der Waals surface area contributed by atoms with Crippen LogP contribution in [0.1, 0.15) is 25.0 Å². The van der Waals surface area contributed by atoms with Gasteiger partial charge in [-0.15, -0.1) is 0 Å². The molecule has 0 aliphatic carbocycles. The van der Waals surface area contributed by atoms with Crippen molar-refractivity contribution in [2.24, 2.45) is 0 Å². The highest BCUT2D eigenvalue weighted by atomic mass is 35.5. The van der Waals surface area contributed by atoms with E-state index in [0.29, 0.717) is 12.2 Å². The highest BCUT2D eigenvalue weighted by molar-refractivity contribution is 6.32. The smallest absolute Gasteiger partial charge is 0.287 e. The van der Waals surface area contributed by atoms with Crippen LogP contribution in [0.15, 0.2) is 41.3 Å². The van der Waals surface area contributed by atoms with Crippen LogP contribution in [-0.2, 0) is 6.54 Å². The van der Waals surface area contributed by atoms with Gasteiger partial charge < -0.3 is 10.4 Å². The number of aryl methyl sites for hydroxylation is 1. The molecule has 0 radical (unpaired) electrons. The summed E-state index contributed by atoms with van der Waals surface area (Å²) in [6, 6.07) is 9.28. The standard InChI is InChI=1S/C15H18ClN3O2/c1-2-8-19-15(21)14(16)12(9-18-19)17-10-13(20)11-6-4-3-5-7-11/h3-7,9,13,17,20H,2,8,10H2,1H3. The van der Waals surface area contributed by atoms with Crippen LogP contribution in [0, 0.1) is 0 Å². The minimum Gasteiger partial charge on any atom is -0.387 e. The summed E-state index contributed by atoms with van der Waals surface area (Å²) in [5, 5.41) is 17.2. The van der Waals surface area contributed by atoms with E-state index >= 15 is 0 Å².